The minimum atomic E-state index is 0.535. The fourth-order valence-electron chi connectivity index (χ4n) is 0.525. The molecule has 2 heteroatoms. The zero-order valence-electron chi connectivity index (χ0n) is 8.09. The number of allylic oxidation sites excluding steroid dienone is 4. The molecular formula is C10H18N2. The van der Waals surface area contributed by atoms with Gasteiger partial charge in [-0.15, -0.1) is 0 Å². The van der Waals surface area contributed by atoms with Crippen molar-refractivity contribution in [3.8, 4) is 0 Å². The summed E-state index contributed by atoms with van der Waals surface area (Å²) in [7, 11) is 0. The van der Waals surface area contributed by atoms with Crippen LogP contribution in [0.5, 0.6) is 0 Å². The Morgan fingerprint density at radius 2 is 1.92 bits per heavy atom. The highest BCUT2D eigenvalue weighted by atomic mass is 14.6. The van der Waals surface area contributed by atoms with Crippen molar-refractivity contribution in [1.29, 1.82) is 5.41 Å². The average Bonchev–Trinajstić information content (AvgIpc) is 2.16. The first-order valence-electron chi connectivity index (χ1n) is 4.01. The predicted molar refractivity (Wildman–Crippen MR) is 56.4 cm³/mol. The summed E-state index contributed by atoms with van der Waals surface area (Å²) in [5, 5.41) is 6.94. The van der Waals surface area contributed by atoms with Crippen LogP contribution in [-0.2, 0) is 0 Å². The Labute approximate surface area is 75.0 Å². The van der Waals surface area contributed by atoms with Crippen LogP contribution in [0.4, 0.5) is 0 Å². The molecule has 2 nitrogen and oxygen atoms in total. The molecule has 0 aliphatic rings. The molecule has 3 N–H and O–H groups in total. The van der Waals surface area contributed by atoms with E-state index in [2.05, 4.69) is 6.58 Å². The van der Waals surface area contributed by atoms with Gasteiger partial charge in [0.15, 0.2) is 0 Å². The maximum atomic E-state index is 6.94. The molecule has 0 spiro atoms. The highest BCUT2D eigenvalue weighted by molar-refractivity contribution is 5.81. The van der Waals surface area contributed by atoms with E-state index in [0.717, 1.165) is 0 Å². The SMILES string of the molecule is C=C/C(N)=C(C=N)\C=C/C.CC. The Hall–Kier alpha value is -1.31. The zero-order valence-corrected chi connectivity index (χ0v) is 8.09. The van der Waals surface area contributed by atoms with E-state index < -0.39 is 0 Å². The van der Waals surface area contributed by atoms with Gasteiger partial charge in [0.1, 0.15) is 0 Å². The second-order valence-electron chi connectivity index (χ2n) is 1.76. The van der Waals surface area contributed by atoms with E-state index in [1.165, 1.54) is 12.3 Å². The molecule has 0 saturated carbocycles. The second-order valence-corrected chi connectivity index (χ2v) is 1.76. The van der Waals surface area contributed by atoms with E-state index in [1.807, 2.05) is 26.8 Å². The first-order valence-corrected chi connectivity index (χ1v) is 4.01. The Morgan fingerprint density at radius 1 is 1.42 bits per heavy atom. The van der Waals surface area contributed by atoms with E-state index in [0.29, 0.717) is 11.3 Å². The Kier molecular flexibility index (Phi) is 10.7. The van der Waals surface area contributed by atoms with Gasteiger partial charge in [0.2, 0.25) is 0 Å². The molecular weight excluding hydrogens is 148 g/mol. The van der Waals surface area contributed by atoms with E-state index in [4.69, 9.17) is 11.1 Å². The van der Waals surface area contributed by atoms with Crippen molar-refractivity contribution in [2.24, 2.45) is 5.73 Å². The molecule has 0 aromatic rings. The molecule has 0 aliphatic heterocycles. The molecule has 0 saturated heterocycles. The summed E-state index contributed by atoms with van der Waals surface area (Å²) in [4.78, 5) is 0. The summed E-state index contributed by atoms with van der Waals surface area (Å²) in [6.45, 7) is 9.37. The molecule has 0 unspecified atom stereocenters. The van der Waals surface area contributed by atoms with Gasteiger partial charge >= 0.3 is 0 Å². The highest BCUT2D eigenvalue weighted by Crippen LogP contribution is 1.97. The molecule has 0 aliphatic carbocycles. The number of hydrogen-bond donors (Lipinski definition) is 2. The number of rotatable bonds is 3. The standard InChI is InChI=1S/C8H12N2.C2H6/c1-3-5-7(6-9)8(10)4-2;1-2/h3-6,9H,2,10H2,1H3;1-2H3/b5-3-,8-7-,9-6?;. The van der Waals surface area contributed by atoms with Crippen molar-refractivity contribution >= 4 is 6.21 Å². The fraction of sp³-hybridized carbons (Fsp3) is 0.300. The van der Waals surface area contributed by atoms with Crippen molar-refractivity contribution < 1.29 is 0 Å². The first kappa shape index (κ1) is 13.3. The summed E-state index contributed by atoms with van der Waals surface area (Å²) in [6.07, 6.45) is 6.33. The third kappa shape index (κ3) is 5.47. The normalized spacial score (nSPS) is 11.2. The maximum Gasteiger partial charge on any atom is 0.0396 e. The molecule has 0 fully saturated rings. The van der Waals surface area contributed by atoms with Gasteiger partial charge in [-0.05, 0) is 13.0 Å². The smallest absolute Gasteiger partial charge is 0.0396 e. The molecule has 0 radical (unpaired) electrons. The monoisotopic (exact) mass is 166 g/mol. The van der Waals surface area contributed by atoms with Crippen molar-refractivity contribution in [3.63, 3.8) is 0 Å². The summed E-state index contributed by atoms with van der Waals surface area (Å²) in [5.74, 6) is 0. The lowest BCUT2D eigenvalue weighted by molar-refractivity contribution is 1.39. The van der Waals surface area contributed by atoms with Gasteiger partial charge in [-0.25, -0.2) is 0 Å². The van der Waals surface area contributed by atoms with Crippen LogP contribution in [0.15, 0.2) is 36.1 Å². The molecule has 0 amide bonds. The lowest BCUT2D eigenvalue weighted by Gasteiger charge is -1.94. The largest absolute Gasteiger partial charge is 0.398 e. The maximum absolute atomic E-state index is 6.94. The van der Waals surface area contributed by atoms with Crippen LogP contribution in [0.1, 0.15) is 20.8 Å². The summed E-state index contributed by atoms with van der Waals surface area (Å²) >= 11 is 0. The van der Waals surface area contributed by atoms with Crippen LogP contribution in [-0.4, -0.2) is 6.21 Å². The second kappa shape index (κ2) is 9.69. The molecule has 12 heavy (non-hydrogen) atoms. The van der Waals surface area contributed by atoms with Crippen LogP contribution < -0.4 is 5.73 Å². The molecule has 0 aromatic carbocycles. The van der Waals surface area contributed by atoms with Gasteiger partial charge in [0, 0.05) is 17.5 Å². The van der Waals surface area contributed by atoms with Crippen molar-refractivity contribution in [1.82, 2.24) is 0 Å². The van der Waals surface area contributed by atoms with Crippen molar-refractivity contribution in [3.05, 3.63) is 36.1 Å². The van der Waals surface area contributed by atoms with Gasteiger partial charge in [0.25, 0.3) is 0 Å². The number of nitrogens with one attached hydrogen (secondary N) is 1. The van der Waals surface area contributed by atoms with Crippen LogP contribution in [0.2, 0.25) is 0 Å². The fourth-order valence-corrected chi connectivity index (χ4v) is 0.525. The quantitative estimate of drug-likeness (QED) is 0.491. The lowest BCUT2D eigenvalue weighted by atomic mass is 10.2. The summed E-state index contributed by atoms with van der Waals surface area (Å²) in [5.41, 5.74) is 6.70. The minimum absolute atomic E-state index is 0.535. The molecule has 0 atom stereocenters. The highest BCUT2D eigenvalue weighted by Gasteiger charge is 1.88. The van der Waals surface area contributed by atoms with Gasteiger partial charge in [-0.2, -0.15) is 0 Å². The molecule has 0 heterocycles. The zero-order chi connectivity index (χ0) is 9.98. The minimum Gasteiger partial charge on any atom is -0.398 e. The topological polar surface area (TPSA) is 49.9 Å². The van der Waals surface area contributed by atoms with Crippen molar-refractivity contribution in [2.75, 3.05) is 0 Å². The van der Waals surface area contributed by atoms with Crippen LogP contribution in [0, 0.1) is 5.41 Å². The molecule has 0 rings (SSSR count). The number of hydrogen-bond acceptors (Lipinski definition) is 2. The third-order valence-electron chi connectivity index (χ3n) is 1.05. The van der Waals surface area contributed by atoms with E-state index >= 15 is 0 Å². The first-order chi connectivity index (χ1) is 5.76. The van der Waals surface area contributed by atoms with Gasteiger partial charge in [-0.3, -0.25) is 0 Å². The Morgan fingerprint density at radius 3 is 2.17 bits per heavy atom. The van der Waals surface area contributed by atoms with Crippen molar-refractivity contribution in [2.45, 2.75) is 20.8 Å². The Balaban J connectivity index is 0. The van der Waals surface area contributed by atoms with Crippen LogP contribution in [0.25, 0.3) is 0 Å². The summed E-state index contributed by atoms with van der Waals surface area (Å²) in [6, 6.07) is 0. The number of nitrogens with two attached hydrogens (primary N) is 1. The molecule has 0 bridgehead atoms. The van der Waals surface area contributed by atoms with Gasteiger partial charge in [-0.1, -0.05) is 32.6 Å². The molecule has 68 valence electrons. The van der Waals surface area contributed by atoms with Gasteiger partial charge < -0.3 is 11.1 Å². The molecule has 0 aromatic heterocycles. The van der Waals surface area contributed by atoms with E-state index in [-0.39, 0.29) is 0 Å². The van der Waals surface area contributed by atoms with E-state index in [1.54, 1.807) is 6.08 Å². The van der Waals surface area contributed by atoms with E-state index in [9.17, 15) is 0 Å². The lowest BCUT2D eigenvalue weighted by Crippen LogP contribution is -1.97. The van der Waals surface area contributed by atoms with Crippen LogP contribution >= 0.6 is 0 Å². The van der Waals surface area contributed by atoms with Crippen LogP contribution in [0.3, 0.4) is 0 Å². The predicted octanol–water partition coefficient (Wildman–Crippen LogP) is 2.64. The summed E-state index contributed by atoms with van der Waals surface area (Å²) < 4.78 is 0. The van der Waals surface area contributed by atoms with Gasteiger partial charge in [0.05, 0.1) is 0 Å². The average molecular weight is 166 g/mol. The Bertz CT molecular complexity index is 188. The third-order valence-corrected chi connectivity index (χ3v) is 1.05.